The molecule has 8 heteroatoms. The van der Waals surface area contributed by atoms with E-state index in [9.17, 15) is 9.59 Å². The van der Waals surface area contributed by atoms with Crippen LogP contribution >= 0.6 is 11.5 Å². The second-order valence-electron chi connectivity index (χ2n) is 4.04. The SMILES string of the molecule is CC(C)c1nnsc1C(=O)NCCC(O)C(=O)O. The summed E-state index contributed by atoms with van der Waals surface area (Å²) in [6.07, 6.45) is -1.50. The van der Waals surface area contributed by atoms with Crippen molar-refractivity contribution in [1.82, 2.24) is 14.9 Å². The number of aliphatic carboxylic acids is 1. The largest absolute Gasteiger partial charge is 0.479 e. The molecule has 1 atom stereocenters. The van der Waals surface area contributed by atoms with Gasteiger partial charge in [-0.25, -0.2) is 4.79 Å². The summed E-state index contributed by atoms with van der Waals surface area (Å²) in [6.45, 7) is 3.89. The number of carboxylic acid groups (broad SMARTS) is 1. The van der Waals surface area contributed by atoms with Gasteiger partial charge in [0.05, 0.1) is 5.69 Å². The van der Waals surface area contributed by atoms with E-state index in [0.29, 0.717) is 10.6 Å². The van der Waals surface area contributed by atoms with Gasteiger partial charge in [0.1, 0.15) is 4.88 Å². The molecule has 0 fully saturated rings. The fraction of sp³-hybridized carbons (Fsp3) is 0.600. The number of carboxylic acids is 1. The third-order valence-corrected chi connectivity index (χ3v) is 3.00. The van der Waals surface area contributed by atoms with Gasteiger partial charge in [-0.05, 0) is 17.5 Å². The zero-order valence-electron chi connectivity index (χ0n) is 10.1. The molecule has 1 rings (SSSR count). The van der Waals surface area contributed by atoms with Gasteiger partial charge >= 0.3 is 5.97 Å². The molecular weight excluding hydrogens is 258 g/mol. The maximum Gasteiger partial charge on any atom is 0.332 e. The molecule has 1 amide bonds. The van der Waals surface area contributed by atoms with Crippen LogP contribution in [0, 0.1) is 0 Å². The zero-order valence-corrected chi connectivity index (χ0v) is 10.9. The van der Waals surface area contributed by atoms with E-state index in [1.54, 1.807) is 0 Å². The summed E-state index contributed by atoms with van der Waals surface area (Å²) < 4.78 is 3.72. The number of aliphatic hydroxyl groups excluding tert-OH is 1. The molecule has 0 aliphatic rings. The van der Waals surface area contributed by atoms with Crippen molar-refractivity contribution < 1.29 is 19.8 Å². The predicted octanol–water partition coefficient (Wildman–Crippen LogP) is 0.227. The maximum atomic E-state index is 11.8. The Morgan fingerprint density at radius 2 is 2.11 bits per heavy atom. The molecule has 0 aliphatic heterocycles. The van der Waals surface area contributed by atoms with E-state index >= 15 is 0 Å². The van der Waals surface area contributed by atoms with Crippen LogP contribution in [0.25, 0.3) is 0 Å². The van der Waals surface area contributed by atoms with Crippen molar-refractivity contribution in [2.75, 3.05) is 6.54 Å². The topological polar surface area (TPSA) is 112 Å². The van der Waals surface area contributed by atoms with Crippen LogP contribution in [0.1, 0.15) is 41.6 Å². The number of rotatable bonds is 6. The zero-order chi connectivity index (χ0) is 13.7. The monoisotopic (exact) mass is 273 g/mol. The van der Waals surface area contributed by atoms with Crippen LogP contribution in [-0.2, 0) is 4.79 Å². The highest BCUT2D eigenvalue weighted by atomic mass is 32.1. The molecule has 0 bridgehead atoms. The lowest BCUT2D eigenvalue weighted by atomic mass is 10.1. The number of aromatic nitrogens is 2. The van der Waals surface area contributed by atoms with Gasteiger partial charge in [-0.2, -0.15) is 0 Å². The Morgan fingerprint density at radius 1 is 1.44 bits per heavy atom. The summed E-state index contributed by atoms with van der Waals surface area (Å²) >= 11 is 0.999. The molecule has 0 saturated heterocycles. The fourth-order valence-electron chi connectivity index (χ4n) is 1.26. The second kappa shape index (κ2) is 6.41. The lowest BCUT2D eigenvalue weighted by Crippen LogP contribution is -2.30. The number of carbonyl (C=O) groups is 2. The molecule has 100 valence electrons. The average molecular weight is 273 g/mol. The van der Waals surface area contributed by atoms with Crippen molar-refractivity contribution in [2.45, 2.75) is 32.3 Å². The highest BCUT2D eigenvalue weighted by Gasteiger charge is 2.19. The van der Waals surface area contributed by atoms with Crippen LogP contribution in [0.4, 0.5) is 0 Å². The molecule has 1 aromatic heterocycles. The number of nitrogens with one attached hydrogen (secondary N) is 1. The molecular formula is C10H15N3O4S. The van der Waals surface area contributed by atoms with E-state index in [-0.39, 0.29) is 24.8 Å². The van der Waals surface area contributed by atoms with Crippen molar-refractivity contribution in [1.29, 1.82) is 0 Å². The molecule has 1 aromatic rings. The minimum atomic E-state index is -1.46. The predicted molar refractivity (Wildman–Crippen MR) is 64.6 cm³/mol. The third-order valence-electron chi connectivity index (χ3n) is 2.25. The Balaban J connectivity index is 2.51. The molecule has 7 nitrogen and oxygen atoms in total. The minimum absolute atomic E-state index is 0.0374. The summed E-state index contributed by atoms with van der Waals surface area (Å²) in [7, 11) is 0. The van der Waals surface area contributed by atoms with Crippen molar-refractivity contribution in [3.63, 3.8) is 0 Å². The molecule has 18 heavy (non-hydrogen) atoms. The smallest absolute Gasteiger partial charge is 0.332 e. The van der Waals surface area contributed by atoms with E-state index in [2.05, 4.69) is 14.9 Å². The molecule has 0 radical (unpaired) electrons. The Morgan fingerprint density at radius 3 is 2.67 bits per heavy atom. The molecule has 0 saturated carbocycles. The fourth-order valence-corrected chi connectivity index (χ4v) is 1.99. The van der Waals surface area contributed by atoms with Crippen molar-refractivity contribution in [2.24, 2.45) is 0 Å². The van der Waals surface area contributed by atoms with Crippen LogP contribution in [0.3, 0.4) is 0 Å². The van der Waals surface area contributed by atoms with Gasteiger partial charge in [0.25, 0.3) is 5.91 Å². The minimum Gasteiger partial charge on any atom is -0.479 e. The number of hydrogen-bond acceptors (Lipinski definition) is 6. The van der Waals surface area contributed by atoms with E-state index < -0.39 is 12.1 Å². The Hall–Kier alpha value is -1.54. The van der Waals surface area contributed by atoms with Gasteiger partial charge < -0.3 is 15.5 Å². The average Bonchev–Trinajstić information content (AvgIpc) is 2.77. The third kappa shape index (κ3) is 3.74. The molecule has 0 aromatic carbocycles. The first-order valence-electron chi connectivity index (χ1n) is 5.44. The van der Waals surface area contributed by atoms with Gasteiger partial charge in [-0.15, -0.1) is 5.10 Å². The first-order chi connectivity index (χ1) is 8.43. The van der Waals surface area contributed by atoms with Crippen LogP contribution < -0.4 is 5.32 Å². The molecule has 1 unspecified atom stereocenters. The lowest BCUT2D eigenvalue weighted by molar-refractivity contribution is -0.146. The molecule has 1 heterocycles. The quantitative estimate of drug-likeness (QED) is 0.683. The standard InChI is InChI=1S/C10H15N3O4S/c1-5(2)7-8(18-13-12-7)9(15)11-4-3-6(14)10(16)17/h5-6,14H,3-4H2,1-2H3,(H,11,15)(H,16,17). The number of hydrogen-bond donors (Lipinski definition) is 3. The summed E-state index contributed by atoms with van der Waals surface area (Å²) in [4.78, 5) is 22.6. The van der Waals surface area contributed by atoms with E-state index in [4.69, 9.17) is 10.2 Å². The first-order valence-corrected chi connectivity index (χ1v) is 6.22. The van der Waals surface area contributed by atoms with Crippen molar-refractivity contribution in [3.8, 4) is 0 Å². The molecule has 0 spiro atoms. The van der Waals surface area contributed by atoms with Crippen LogP contribution in [0.15, 0.2) is 0 Å². The Kier molecular flexibility index (Phi) is 5.17. The van der Waals surface area contributed by atoms with Gasteiger partial charge in [0, 0.05) is 13.0 Å². The molecule has 3 N–H and O–H groups in total. The van der Waals surface area contributed by atoms with Crippen molar-refractivity contribution >= 4 is 23.4 Å². The van der Waals surface area contributed by atoms with Gasteiger partial charge in [0.2, 0.25) is 0 Å². The summed E-state index contributed by atoms with van der Waals surface area (Å²) in [5.74, 6) is -1.55. The van der Waals surface area contributed by atoms with Crippen molar-refractivity contribution in [3.05, 3.63) is 10.6 Å². The highest BCUT2D eigenvalue weighted by molar-refractivity contribution is 7.08. The highest BCUT2D eigenvalue weighted by Crippen LogP contribution is 2.19. The van der Waals surface area contributed by atoms with E-state index in [1.165, 1.54) is 0 Å². The van der Waals surface area contributed by atoms with Crippen LogP contribution in [0.2, 0.25) is 0 Å². The van der Waals surface area contributed by atoms with Gasteiger partial charge in [-0.3, -0.25) is 4.79 Å². The Bertz CT molecular complexity index is 433. The second-order valence-corrected chi connectivity index (χ2v) is 4.79. The summed E-state index contributed by atoms with van der Waals surface area (Å²) in [5, 5.41) is 23.9. The number of carbonyl (C=O) groups excluding carboxylic acids is 1. The number of aliphatic hydroxyl groups is 1. The molecule has 0 aliphatic carbocycles. The summed E-state index contributed by atoms with van der Waals surface area (Å²) in [5.41, 5.74) is 0.622. The number of amides is 1. The first kappa shape index (κ1) is 14.5. The van der Waals surface area contributed by atoms with Crippen LogP contribution in [0.5, 0.6) is 0 Å². The van der Waals surface area contributed by atoms with E-state index in [1.807, 2.05) is 13.8 Å². The lowest BCUT2D eigenvalue weighted by Gasteiger charge is -2.07. The van der Waals surface area contributed by atoms with E-state index in [0.717, 1.165) is 11.5 Å². The summed E-state index contributed by atoms with van der Waals surface area (Å²) in [6, 6.07) is 0. The van der Waals surface area contributed by atoms with Gasteiger partial charge in [0.15, 0.2) is 6.10 Å². The van der Waals surface area contributed by atoms with Gasteiger partial charge in [-0.1, -0.05) is 18.3 Å². The number of nitrogens with zero attached hydrogens (tertiary/aromatic N) is 2. The normalized spacial score (nSPS) is 12.4. The maximum absolute atomic E-state index is 11.8. The van der Waals surface area contributed by atoms with Crippen LogP contribution in [-0.4, -0.2) is 44.3 Å². The Labute approximate surface area is 108 Å².